The van der Waals surface area contributed by atoms with Crippen molar-refractivity contribution in [3.05, 3.63) is 29.8 Å². The Balaban J connectivity index is 2.59. The zero-order valence-corrected chi connectivity index (χ0v) is 9.08. The smallest absolute Gasteiger partial charge is 0.119 e. The highest BCUT2D eigenvalue weighted by atomic mass is 16.5. The minimum atomic E-state index is 0.0622. The molecule has 2 nitrogen and oxygen atoms in total. The molecule has 0 atom stereocenters. The molecular weight excluding hydrogens is 176 g/mol. The van der Waals surface area contributed by atoms with Gasteiger partial charge in [-0.05, 0) is 23.1 Å². The Morgan fingerprint density at radius 3 is 2.57 bits per heavy atom. The van der Waals surface area contributed by atoms with E-state index >= 15 is 0 Å². The lowest BCUT2D eigenvalue weighted by Gasteiger charge is -2.18. The zero-order chi connectivity index (χ0) is 10.6. The second-order valence-electron chi connectivity index (χ2n) is 4.65. The molecule has 0 bridgehead atoms. The van der Waals surface area contributed by atoms with Crippen LogP contribution in [0.1, 0.15) is 26.3 Å². The number of aliphatic hydroxyl groups is 1. The summed E-state index contributed by atoms with van der Waals surface area (Å²) in [6.07, 6.45) is 0. The maximum Gasteiger partial charge on any atom is 0.119 e. The predicted molar refractivity (Wildman–Crippen MR) is 57.3 cm³/mol. The van der Waals surface area contributed by atoms with Crippen LogP contribution >= 0.6 is 0 Å². The second-order valence-corrected chi connectivity index (χ2v) is 4.65. The summed E-state index contributed by atoms with van der Waals surface area (Å²) in [5, 5.41) is 8.93. The van der Waals surface area contributed by atoms with E-state index in [1.54, 1.807) is 0 Å². The van der Waals surface area contributed by atoms with E-state index in [-0.39, 0.29) is 12.0 Å². The van der Waals surface area contributed by atoms with E-state index in [9.17, 15) is 0 Å². The lowest BCUT2D eigenvalue weighted by molar-refractivity contribution is 0.197. The fraction of sp³-hybridized carbons (Fsp3) is 0.500. The summed E-state index contributed by atoms with van der Waals surface area (Å²) in [7, 11) is 0. The summed E-state index contributed by atoms with van der Waals surface area (Å²) in [4.78, 5) is 0. The van der Waals surface area contributed by atoms with Crippen molar-refractivity contribution in [2.24, 2.45) is 5.41 Å². The molecule has 2 heteroatoms. The van der Waals surface area contributed by atoms with E-state index in [1.165, 1.54) is 0 Å². The molecule has 1 aromatic carbocycles. The first kappa shape index (κ1) is 11.1. The molecule has 0 saturated heterocycles. The van der Waals surface area contributed by atoms with Gasteiger partial charge < -0.3 is 9.84 Å². The maximum absolute atomic E-state index is 8.93. The van der Waals surface area contributed by atoms with Crippen LogP contribution in [0.2, 0.25) is 0 Å². The molecule has 0 aliphatic heterocycles. The molecule has 0 unspecified atom stereocenters. The van der Waals surface area contributed by atoms with E-state index in [2.05, 4.69) is 20.8 Å². The SMILES string of the molecule is CC(C)(C)COc1cccc(CO)c1. The van der Waals surface area contributed by atoms with Gasteiger partial charge in [-0.1, -0.05) is 32.9 Å². The Labute approximate surface area is 85.5 Å². The van der Waals surface area contributed by atoms with Gasteiger partial charge >= 0.3 is 0 Å². The lowest BCUT2D eigenvalue weighted by Crippen LogP contribution is -2.16. The normalized spacial score (nSPS) is 11.4. The Morgan fingerprint density at radius 1 is 1.29 bits per heavy atom. The molecule has 0 spiro atoms. The van der Waals surface area contributed by atoms with E-state index in [0.717, 1.165) is 11.3 Å². The van der Waals surface area contributed by atoms with Crippen molar-refractivity contribution >= 4 is 0 Å². The summed E-state index contributed by atoms with van der Waals surface area (Å²) in [6, 6.07) is 7.55. The Hall–Kier alpha value is -1.02. The fourth-order valence-corrected chi connectivity index (χ4v) is 1.03. The third-order valence-corrected chi connectivity index (χ3v) is 1.75. The summed E-state index contributed by atoms with van der Waals surface area (Å²) < 4.78 is 5.60. The average molecular weight is 194 g/mol. The summed E-state index contributed by atoms with van der Waals surface area (Å²) in [5.41, 5.74) is 1.05. The zero-order valence-electron chi connectivity index (χ0n) is 9.08. The number of benzene rings is 1. The molecule has 0 aliphatic rings. The standard InChI is InChI=1S/C12H18O2/c1-12(2,3)9-14-11-6-4-5-10(7-11)8-13/h4-7,13H,8-9H2,1-3H3. The fourth-order valence-electron chi connectivity index (χ4n) is 1.03. The number of hydrogen-bond acceptors (Lipinski definition) is 2. The molecule has 0 aliphatic carbocycles. The van der Waals surface area contributed by atoms with Crippen molar-refractivity contribution in [2.75, 3.05) is 6.61 Å². The first-order valence-corrected chi connectivity index (χ1v) is 4.84. The minimum absolute atomic E-state index is 0.0622. The van der Waals surface area contributed by atoms with E-state index < -0.39 is 0 Å². The Bertz CT molecular complexity index is 287. The van der Waals surface area contributed by atoms with Crippen molar-refractivity contribution in [3.8, 4) is 5.75 Å². The van der Waals surface area contributed by atoms with Crippen LogP contribution in [0.5, 0.6) is 5.75 Å². The van der Waals surface area contributed by atoms with Gasteiger partial charge in [0.15, 0.2) is 0 Å². The second kappa shape index (κ2) is 4.47. The topological polar surface area (TPSA) is 29.5 Å². The molecule has 0 radical (unpaired) electrons. The Kier molecular flexibility index (Phi) is 3.53. The molecule has 0 saturated carbocycles. The number of rotatable bonds is 3. The van der Waals surface area contributed by atoms with Crippen LogP contribution in [0, 0.1) is 5.41 Å². The van der Waals surface area contributed by atoms with E-state index in [1.807, 2.05) is 24.3 Å². The van der Waals surface area contributed by atoms with Crippen LogP contribution in [0.3, 0.4) is 0 Å². The van der Waals surface area contributed by atoms with Gasteiger partial charge in [0, 0.05) is 0 Å². The molecule has 0 heterocycles. The molecule has 14 heavy (non-hydrogen) atoms. The first-order valence-electron chi connectivity index (χ1n) is 4.84. The molecule has 1 rings (SSSR count). The molecular formula is C12H18O2. The molecule has 1 N–H and O–H groups in total. The highest BCUT2D eigenvalue weighted by Crippen LogP contribution is 2.18. The van der Waals surface area contributed by atoms with Gasteiger partial charge in [0.2, 0.25) is 0 Å². The molecule has 0 amide bonds. The summed E-state index contributed by atoms with van der Waals surface area (Å²) in [6.45, 7) is 7.13. The quantitative estimate of drug-likeness (QED) is 0.801. The predicted octanol–water partition coefficient (Wildman–Crippen LogP) is 2.60. The molecule has 0 fully saturated rings. The minimum Gasteiger partial charge on any atom is -0.493 e. The van der Waals surface area contributed by atoms with Gasteiger partial charge in [-0.2, -0.15) is 0 Å². The van der Waals surface area contributed by atoms with Crippen molar-refractivity contribution in [1.29, 1.82) is 0 Å². The van der Waals surface area contributed by atoms with Crippen LogP contribution in [0.4, 0.5) is 0 Å². The third kappa shape index (κ3) is 3.79. The van der Waals surface area contributed by atoms with Gasteiger partial charge in [-0.25, -0.2) is 0 Å². The van der Waals surface area contributed by atoms with Crippen molar-refractivity contribution in [2.45, 2.75) is 27.4 Å². The largest absolute Gasteiger partial charge is 0.493 e. The summed E-state index contributed by atoms with van der Waals surface area (Å²) >= 11 is 0. The first-order chi connectivity index (χ1) is 6.51. The molecule has 1 aromatic rings. The van der Waals surface area contributed by atoms with Gasteiger partial charge in [0.05, 0.1) is 13.2 Å². The van der Waals surface area contributed by atoms with Crippen LogP contribution in [-0.4, -0.2) is 11.7 Å². The molecule has 0 aromatic heterocycles. The lowest BCUT2D eigenvalue weighted by atomic mass is 9.99. The van der Waals surface area contributed by atoms with E-state index in [0.29, 0.717) is 6.61 Å². The van der Waals surface area contributed by atoms with Crippen LogP contribution < -0.4 is 4.74 Å². The van der Waals surface area contributed by atoms with Gasteiger partial charge in [-0.3, -0.25) is 0 Å². The average Bonchev–Trinajstić information content (AvgIpc) is 2.14. The highest BCUT2D eigenvalue weighted by Gasteiger charge is 2.10. The number of ether oxygens (including phenoxy) is 1. The van der Waals surface area contributed by atoms with Gasteiger partial charge in [0.1, 0.15) is 5.75 Å². The third-order valence-electron chi connectivity index (χ3n) is 1.75. The van der Waals surface area contributed by atoms with Crippen LogP contribution in [0.25, 0.3) is 0 Å². The highest BCUT2D eigenvalue weighted by molar-refractivity contribution is 5.27. The maximum atomic E-state index is 8.93. The number of hydrogen-bond donors (Lipinski definition) is 1. The van der Waals surface area contributed by atoms with Crippen molar-refractivity contribution in [1.82, 2.24) is 0 Å². The molecule has 78 valence electrons. The summed E-state index contributed by atoms with van der Waals surface area (Å²) in [5.74, 6) is 0.825. The van der Waals surface area contributed by atoms with Gasteiger partial charge in [0.25, 0.3) is 0 Å². The van der Waals surface area contributed by atoms with Gasteiger partial charge in [-0.15, -0.1) is 0 Å². The Morgan fingerprint density at radius 2 is 2.00 bits per heavy atom. The van der Waals surface area contributed by atoms with Crippen LogP contribution in [0.15, 0.2) is 24.3 Å². The van der Waals surface area contributed by atoms with Crippen molar-refractivity contribution in [3.63, 3.8) is 0 Å². The van der Waals surface area contributed by atoms with Crippen molar-refractivity contribution < 1.29 is 9.84 Å². The number of aliphatic hydroxyl groups excluding tert-OH is 1. The van der Waals surface area contributed by atoms with E-state index in [4.69, 9.17) is 9.84 Å². The van der Waals surface area contributed by atoms with Crippen LogP contribution in [-0.2, 0) is 6.61 Å². The monoisotopic (exact) mass is 194 g/mol.